The standard InChI is InChI=1S/C23H22ClN3O/c1-15-10-12-16(13-11-15)26-27-23(28)19-14-22(18-7-2-4-8-20(18)24)25-21-9-5-3-6-17(19)21/h2-9,12,14-15,26H,10-11,13H2,1H3,(H,27,28). The minimum atomic E-state index is -0.188. The molecule has 1 aliphatic rings. The maximum atomic E-state index is 13.0. The summed E-state index contributed by atoms with van der Waals surface area (Å²) in [5, 5.41) is 1.42. The number of nitrogens with one attached hydrogen (secondary N) is 2. The van der Waals surface area contributed by atoms with E-state index in [0.717, 1.165) is 41.4 Å². The second-order valence-corrected chi connectivity index (χ2v) is 7.65. The van der Waals surface area contributed by atoms with Gasteiger partial charge < -0.3 is 5.43 Å². The monoisotopic (exact) mass is 391 g/mol. The zero-order chi connectivity index (χ0) is 19.5. The van der Waals surface area contributed by atoms with Crippen LogP contribution < -0.4 is 10.9 Å². The van der Waals surface area contributed by atoms with Crippen molar-refractivity contribution < 1.29 is 4.79 Å². The number of pyridine rings is 1. The van der Waals surface area contributed by atoms with Crippen LogP contribution in [0.5, 0.6) is 0 Å². The van der Waals surface area contributed by atoms with Crippen molar-refractivity contribution in [2.45, 2.75) is 26.2 Å². The number of carbonyl (C=O) groups excluding carboxylic acids is 1. The van der Waals surface area contributed by atoms with E-state index in [4.69, 9.17) is 16.6 Å². The summed E-state index contributed by atoms with van der Waals surface area (Å²) in [6.45, 7) is 2.24. The fourth-order valence-electron chi connectivity index (χ4n) is 3.45. The van der Waals surface area contributed by atoms with Gasteiger partial charge in [0.2, 0.25) is 0 Å². The molecule has 5 heteroatoms. The molecule has 0 radical (unpaired) electrons. The van der Waals surface area contributed by atoms with E-state index in [1.807, 2.05) is 48.5 Å². The molecule has 4 nitrogen and oxygen atoms in total. The highest BCUT2D eigenvalue weighted by Crippen LogP contribution is 2.29. The summed E-state index contributed by atoms with van der Waals surface area (Å²) in [5.74, 6) is 0.509. The van der Waals surface area contributed by atoms with E-state index in [1.54, 1.807) is 6.07 Å². The van der Waals surface area contributed by atoms with Gasteiger partial charge in [-0.15, -0.1) is 0 Å². The molecular formula is C23H22ClN3O. The highest BCUT2D eigenvalue weighted by molar-refractivity contribution is 6.33. The first-order valence-electron chi connectivity index (χ1n) is 9.52. The number of hydrazine groups is 1. The summed E-state index contributed by atoms with van der Waals surface area (Å²) in [7, 11) is 0. The number of fused-ring (bicyclic) bond motifs is 1. The van der Waals surface area contributed by atoms with Gasteiger partial charge in [0, 0.05) is 21.7 Å². The van der Waals surface area contributed by atoms with Crippen LogP contribution >= 0.6 is 11.6 Å². The van der Waals surface area contributed by atoms with Gasteiger partial charge in [0.1, 0.15) is 0 Å². The van der Waals surface area contributed by atoms with Crippen molar-refractivity contribution in [2.75, 3.05) is 0 Å². The summed E-state index contributed by atoms with van der Waals surface area (Å²) in [6.07, 6.45) is 5.27. The molecule has 0 spiro atoms. The molecule has 0 saturated carbocycles. The minimum absolute atomic E-state index is 0.188. The molecule has 0 fully saturated rings. The summed E-state index contributed by atoms with van der Waals surface area (Å²) in [6, 6.07) is 17.0. The van der Waals surface area contributed by atoms with Crippen molar-refractivity contribution in [1.29, 1.82) is 0 Å². The number of para-hydroxylation sites is 1. The highest BCUT2D eigenvalue weighted by atomic mass is 35.5. The number of aromatic nitrogens is 1. The summed E-state index contributed by atoms with van der Waals surface area (Å²) in [4.78, 5) is 17.7. The molecule has 1 heterocycles. The zero-order valence-corrected chi connectivity index (χ0v) is 16.5. The normalized spacial score (nSPS) is 16.5. The Labute approximate surface area is 169 Å². The van der Waals surface area contributed by atoms with E-state index in [-0.39, 0.29) is 5.91 Å². The number of hydrogen-bond donors (Lipinski definition) is 2. The van der Waals surface area contributed by atoms with Crippen molar-refractivity contribution in [1.82, 2.24) is 15.8 Å². The van der Waals surface area contributed by atoms with Crippen LogP contribution in [0, 0.1) is 5.92 Å². The van der Waals surface area contributed by atoms with Gasteiger partial charge in [-0.25, -0.2) is 4.98 Å². The number of rotatable bonds is 4. The predicted molar refractivity (Wildman–Crippen MR) is 114 cm³/mol. The van der Waals surface area contributed by atoms with Crippen molar-refractivity contribution in [3.05, 3.63) is 77.0 Å². The number of benzene rings is 2. The topological polar surface area (TPSA) is 54.0 Å². The Morgan fingerprint density at radius 1 is 1.14 bits per heavy atom. The van der Waals surface area contributed by atoms with Gasteiger partial charge >= 0.3 is 0 Å². The lowest BCUT2D eigenvalue weighted by Crippen LogP contribution is -2.37. The number of hydrogen-bond acceptors (Lipinski definition) is 3. The summed E-state index contributed by atoms with van der Waals surface area (Å²) < 4.78 is 0. The van der Waals surface area contributed by atoms with Crippen molar-refractivity contribution in [3.63, 3.8) is 0 Å². The molecule has 0 saturated heterocycles. The SMILES string of the molecule is CC1CC=C(NNC(=O)c2cc(-c3ccccc3Cl)nc3ccccc23)CC1. The van der Waals surface area contributed by atoms with E-state index in [9.17, 15) is 4.79 Å². The molecule has 2 aromatic carbocycles. The van der Waals surface area contributed by atoms with Crippen molar-refractivity contribution in [2.24, 2.45) is 5.92 Å². The maximum Gasteiger partial charge on any atom is 0.270 e. The Balaban J connectivity index is 1.67. The number of allylic oxidation sites excluding steroid dienone is 2. The zero-order valence-electron chi connectivity index (χ0n) is 15.7. The molecule has 28 heavy (non-hydrogen) atoms. The van der Waals surface area contributed by atoms with Gasteiger partial charge in [0.15, 0.2) is 0 Å². The molecular weight excluding hydrogens is 370 g/mol. The van der Waals surface area contributed by atoms with Gasteiger partial charge in [-0.1, -0.05) is 61.0 Å². The molecule has 2 N–H and O–H groups in total. The average molecular weight is 392 g/mol. The predicted octanol–water partition coefficient (Wildman–Crippen LogP) is 5.49. The largest absolute Gasteiger partial charge is 0.303 e. The van der Waals surface area contributed by atoms with Gasteiger partial charge in [-0.05, 0) is 43.4 Å². The maximum absolute atomic E-state index is 13.0. The van der Waals surface area contributed by atoms with E-state index >= 15 is 0 Å². The molecule has 3 aromatic rings. The van der Waals surface area contributed by atoms with Crippen LogP contribution in [0.3, 0.4) is 0 Å². The number of halogens is 1. The molecule has 1 amide bonds. The second kappa shape index (κ2) is 8.03. The Morgan fingerprint density at radius 2 is 1.93 bits per heavy atom. The summed E-state index contributed by atoms with van der Waals surface area (Å²) >= 11 is 6.36. The third kappa shape index (κ3) is 3.87. The van der Waals surface area contributed by atoms with E-state index in [0.29, 0.717) is 22.2 Å². The average Bonchev–Trinajstić information content (AvgIpc) is 2.72. The van der Waals surface area contributed by atoms with Crippen LogP contribution in [-0.4, -0.2) is 10.9 Å². The Hall–Kier alpha value is -2.85. The van der Waals surface area contributed by atoms with Crippen LogP contribution in [0.1, 0.15) is 36.5 Å². The third-order valence-corrected chi connectivity index (χ3v) is 5.45. The van der Waals surface area contributed by atoms with Crippen LogP contribution in [-0.2, 0) is 0 Å². The lowest BCUT2D eigenvalue weighted by atomic mass is 9.95. The Morgan fingerprint density at radius 3 is 2.71 bits per heavy atom. The number of nitrogens with zero attached hydrogens (tertiary/aromatic N) is 1. The number of amides is 1. The Bertz CT molecular complexity index is 1060. The fraction of sp³-hybridized carbons (Fsp3) is 0.217. The first-order valence-corrected chi connectivity index (χ1v) is 9.89. The molecule has 1 aromatic heterocycles. The second-order valence-electron chi connectivity index (χ2n) is 7.24. The van der Waals surface area contributed by atoms with Crippen LogP contribution in [0.4, 0.5) is 0 Å². The van der Waals surface area contributed by atoms with E-state index < -0.39 is 0 Å². The molecule has 1 aliphatic carbocycles. The molecule has 0 bridgehead atoms. The molecule has 1 atom stereocenters. The van der Waals surface area contributed by atoms with Crippen molar-refractivity contribution in [3.8, 4) is 11.3 Å². The number of carbonyl (C=O) groups is 1. The summed E-state index contributed by atoms with van der Waals surface area (Å²) in [5.41, 5.74) is 9.82. The van der Waals surface area contributed by atoms with E-state index in [1.165, 1.54) is 0 Å². The third-order valence-electron chi connectivity index (χ3n) is 5.12. The highest BCUT2D eigenvalue weighted by Gasteiger charge is 2.16. The fourth-order valence-corrected chi connectivity index (χ4v) is 3.69. The van der Waals surface area contributed by atoms with Gasteiger partial charge in [-0.2, -0.15) is 0 Å². The van der Waals surface area contributed by atoms with Gasteiger partial charge in [-0.3, -0.25) is 10.2 Å². The van der Waals surface area contributed by atoms with Gasteiger partial charge in [0.05, 0.1) is 16.8 Å². The lowest BCUT2D eigenvalue weighted by molar-refractivity contribution is 0.0939. The van der Waals surface area contributed by atoms with E-state index in [2.05, 4.69) is 23.9 Å². The van der Waals surface area contributed by atoms with Crippen LogP contribution in [0.15, 0.2) is 66.4 Å². The molecule has 1 unspecified atom stereocenters. The minimum Gasteiger partial charge on any atom is -0.303 e. The van der Waals surface area contributed by atoms with Gasteiger partial charge in [0.25, 0.3) is 5.91 Å². The van der Waals surface area contributed by atoms with Crippen LogP contribution in [0.2, 0.25) is 5.02 Å². The quantitative estimate of drug-likeness (QED) is 0.578. The van der Waals surface area contributed by atoms with Crippen molar-refractivity contribution >= 4 is 28.4 Å². The molecule has 0 aliphatic heterocycles. The Kier molecular flexibility index (Phi) is 5.31. The van der Waals surface area contributed by atoms with Crippen LogP contribution in [0.25, 0.3) is 22.2 Å². The first-order chi connectivity index (χ1) is 13.6. The molecule has 142 valence electrons. The first kappa shape index (κ1) is 18.5. The molecule has 4 rings (SSSR count). The smallest absolute Gasteiger partial charge is 0.270 e. The lowest BCUT2D eigenvalue weighted by Gasteiger charge is -2.20.